The summed E-state index contributed by atoms with van der Waals surface area (Å²) in [5, 5.41) is 2.67. The standard InChI is InChI=1S/C18H27FN4O4S/c1-13(22-28(26,27)16-8-3-2-7-15(16)19)18(25)21-9-5-11-23-10-4-6-14(12-23)17(20)24/h2-3,7-8,13-14,22H,4-6,9-12H2,1H3,(H2,20,24)(H,21,25)/t13-,14?/m0/s1. The minimum atomic E-state index is -4.14. The number of piperidine rings is 1. The predicted molar refractivity (Wildman–Crippen MR) is 102 cm³/mol. The first-order valence-electron chi connectivity index (χ1n) is 9.27. The van der Waals surface area contributed by atoms with Gasteiger partial charge in [-0.25, -0.2) is 12.8 Å². The first-order chi connectivity index (χ1) is 13.2. The van der Waals surface area contributed by atoms with Gasteiger partial charge in [-0.3, -0.25) is 9.59 Å². The minimum Gasteiger partial charge on any atom is -0.369 e. The van der Waals surface area contributed by atoms with Gasteiger partial charge in [0.1, 0.15) is 10.7 Å². The van der Waals surface area contributed by atoms with Crippen LogP contribution in [0, 0.1) is 11.7 Å². The summed E-state index contributed by atoms with van der Waals surface area (Å²) in [6.07, 6.45) is 2.38. The molecule has 1 aliphatic rings. The molecule has 2 rings (SSSR count). The molecule has 1 fully saturated rings. The monoisotopic (exact) mass is 414 g/mol. The van der Waals surface area contributed by atoms with Crippen LogP contribution in [0.5, 0.6) is 0 Å². The van der Waals surface area contributed by atoms with E-state index in [2.05, 4.69) is 14.9 Å². The van der Waals surface area contributed by atoms with Crippen LogP contribution in [0.15, 0.2) is 29.2 Å². The van der Waals surface area contributed by atoms with E-state index in [1.54, 1.807) is 0 Å². The number of sulfonamides is 1. The number of amides is 2. The molecule has 1 aliphatic heterocycles. The Hall–Kier alpha value is -2.04. The zero-order chi connectivity index (χ0) is 20.7. The smallest absolute Gasteiger partial charge is 0.244 e. The van der Waals surface area contributed by atoms with Gasteiger partial charge in [-0.15, -0.1) is 0 Å². The lowest BCUT2D eigenvalue weighted by atomic mass is 9.97. The van der Waals surface area contributed by atoms with Crippen LogP contribution in [0.3, 0.4) is 0 Å². The third-order valence-corrected chi connectivity index (χ3v) is 6.28. The number of hydrogen-bond donors (Lipinski definition) is 3. The second kappa shape index (κ2) is 9.94. The molecular weight excluding hydrogens is 387 g/mol. The van der Waals surface area contributed by atoms with Crippen LogP contribution in [-0.2, 0) is 19.6 Å². The third-order valence-electron chi connectivity index (χ3n) is 4.71. The molecule has 10 heteroatoms. The normalized spacial score (nSPS) is 19.1. The SMILES string of the molecule is C[C@H](NS(=O)(=O)c1ccccc1F)C(=O)NCCCN1CCCC(C(N)=O)C1. The quantitative estimate of drug-likeness (QED) is 0.498. The number of benzene rings is 1. The molecule has 1 heterocycles. The Morgan fingerprint density at radius 2 is 2.07 bits per heavy atom. The van der Waals surface area contributed by atoms with Gasteiger partial charge in [-0.1, -0.05) is 12.1 Å². The maximum atomic E-state index is 13.7. The first-order valence-corrected chi connectivity index (χ1v) is 10.8. The van der Waals surface area contributed by atoms with E-state index in [4.69, 9.17) is 5.73 Å². The molecule has 2 amide bonds. The Balaban J connectivity index is 1.75. The number of rotatable bonds is 9. The predicted octanol–water partition coefficient (Wildman–Crippen LogP) is 0.196. The second-order valence-corrected chi connectivity index (χ2v) is 8.64. The van der Waals surface area contributed by atoms with Crippen molar-refractivity contribution in [1.82, 2.24) is 14.9 Å². The summed E-state index contributed by atoms with van der Waals surface area (Å²) < 4.78 is 40.3. The fraction of sp³-hybridized carbons (Fsp3) is 0.556. The second-order valence-electron chi connectivity index (χ2n) is 6.96. The molecule has 0 saturated carbocycles. The fourth-order valence-electron chi connectivity index (χ4n) is 3.17. The minimum absolute atomic E-state index is 0.129. The van der Waals surface area contributed by atoms with Crippen molar-refractivity contribution < 1.29 is 22.4 Å². The van der Waals surface area contributed by atoms with Gasteiger partial charge in [-0.05, 0) is 51.4 Å². The average molecular weight is 415 g/mol. The number of halogens is 1. The van der Waals surface area contributed by atoms with E-state index in [0.717, 1.165) is 31.5 Å². The van der Waals surface area contributed by atoms with E-state index < -0.39 is 32.7 Å². The number of nitrogens with two attached hydrogens (primary N) is 1. The van der Waals surface area contributed by atoms with Gasteiger partial charge < -0.3 is 16.0 Å². The Labute approximate surface area is 164 Å². The van der Waals surface area contributed by atoms with Crippen molar-refractivity contribution in [3.05, 3.63) is 30.1 Å². The molecule has 1 aromatic rings. The zero-order valence-electron chi connectivity index (χ0n) is 15.9. The van der Waals surface area contributed by atoms with Crippen LogP contribution >= 0.6 is 0 Å². The molecule has 0 radical (unpaired) electrons. The van der Waals surface area contributed by atoms with Crippen molar-refractivity contribution in [2.45, 2.75) is 37.1 Å². The molecule has 1 unspecified atom stereocenters. The van der Waals surface area contributed by atoms with Crippen molar-refractivity contribution in [1.29, 1.82) is 0 Å². The van der Waals surface area contributed by atoms with Gasteiger partial charge in [0.05, 0.1) is 12.0 Å². The van der Waals surface area contributed by atoms with Crippen molar-refractivity contribution >= 4 is 21.8 Å². The number of likely N-dealkylation sites (tertiary alicyclic amines) is 1. The molecule has 4 N–H and O–H groups in total. The molecule has 0 spiro atoms. The fourth-order valence-corrected chi connectivity index (χ4v) is 4.45. The average Bonchev–Trinajstić information content (AvgIpc) is 2.65. The molecule has 2 atom stereocenters. The lowest BCUT2D eigenvalue weighted by Gasteiger charge is -2.31. The molecule has 0 aromatic heterocycles. The van der Waals surface area contributed by atoms with Crippen molar-refractivity contribution in [3.63, 3.8) is 0 Å². The number of carbonyl (C=O) groups is 2. The van der Waals surface area contributed by atoms with Crippen LogP contribution in [0.4, 0.5) is 4.39 Å². The van der Waals surface area contributed by atoms with Crippen molar-refractivity contribution in [2.24, 2.45) is 11.7 Å². The maximum Gasteiger partial charge on any atom is 0.244 e. The lowest BCUT2D eigenvalue weighted by Crippen LogP contribution is -2.46. The Morgan fingerprint density at radius 1 is 1.36 bits per heavy atom. The van der Waals surface area contributed by atoms with Crippen LogP contribution in [0.2, 0.25) is 0 Å². The first kappa shape index (κ1) is 22.3. The van der Waals surface area contributed by atoms with E-state index >= 15 is 0 Å². The van der Waals surface area contributed by atoms with E-state index in [9.17, 15) is 22.4 Å². The zero-order valence-corrected chi connectivity index (χ0v) is 16.7. The number of nitrogens with zero attached hydrogens (tertiary/aromatic N) is 1. The largest absolute Gasteiger partial charge is 0.369 e. The summed E-state index contributed by atoms with van der Waals surface area (Å²) in [4.78, 5) is 25.1. The van der Waals surface area contributed by atoms with E-state index in [-0.39, 0.29) is 11.8 Å². The van der Waals surface area contributed by atoms with Gasteiger partial charge in [0.25, 0.3) is 0 Å². The summed E-state index contributed by atoms with van der Waals surface area (Å²) in [6, 6.07) is 3.94. The maximum absolute atomic E-state index is 13.7. The third kappa shape index (κ3) is 6.25. The highest BCUT2D eigenvalue weighted by Gasteiger charge is 2.25. The van der Waals surface area contributed by atoms with E-state index in [1.165, 1.54) is 19.1 Å². The van der Waals surface area contributed by atoms with E-state index in [0.29, 0.717) is 26.1 Å². The number of hydrogen-bond acceptors (Lipinski definition) is 5. The summed E-state index contributed by atoms with van der Waals surface area (Å²) in [7, 11) is -4.14. The molecule has 0 bridgehead atoms. The highest BCUT2D eigenvalue weighted by atomic mass is 32.2. The highest BCUT2D eigenvalue weighted by molar-refractivity contribution is 7.89. The lowest BCUT2D eigenvalue weighted by molar-refractivity contribution is -0.123. The Kier molecular flexibility index (Phi) is 7.90. The summed E-state index contributed by atoms with van der Waals surface area (Å²) >= 11 is 0. The van der Waals surface area contributed by atoms with Crippen molar-refractivity contribution in [3.8, 4) is 0 Å². The van der Waals surface area contributed by atoms with Crippen molar-refractivity contribution in [2.75, 3.05) is 26.2 Å². The van der Waals surface area contributed by atoms with Gasteiger partial charge in [0, 0.05) is 13.1 Å². The highest BCUT2D eigenvalue weighted by Crippen LogP contribution is 2.16. The number of carbonyl (C=O) groups excluding carboxylic acids is 2. The topological polar surface area (TPSA) is 122 Å². The van der Waals surface area contributed by atoms with Gasteiger partial charge in [0.2, 0.25) is 21.8 Å². The molecular formula is C18H27FN4O4S. The summed E-state index contributed by atoms with van der Waals surface area (Å²) in [6.45, 7) is 3.98. The number of primary amides is 1. The molecule has 28 heavy (non-hydrogen) atoms. The Bertz CT molecular complexity index is 803. The molecule has 8 nitrogen and oxygen atoms in total. The van der Waals surface area contributed by atoms with E-state index in [1.807, 2.05) is 0 Å². The Morgan fingerprint density at radius 3 is 2.75 bits per heavy atom. The van der Waals surface area contributed by atoms with Gasteiger partial charge in [0.15, 0.2) is 0 Å². The summed E-state index contributed by atoms with van der Waals surface area (Å²) in [5.74, 6) is -1.78. The van der Waals surface area contributed by atoms with Crippen LogP contribution in [0.25, 0.3) is 0 Å². The molecule has 1 saturated heterocycles. The van der Waals surface area contributed by atoms with Gasteiger partial charge >= 0.3 is 0 Å². The molecule has 1 aromatic carbocycles. The van der Waals surface area contributed by atoms with Crippen LogP contribution in [0.1, 0.15) is 26.2 Å². The molecule has 0 aliphatic carbocycles. The summed E-state index contributed by atoms with van der Waals surface area (Å²) in [5.41, 5.74) is 5.36. The van der Waals surface area contributed by atoms with Crippen LogP contribution < -0.4 is 15.8 Å². The van der Waals surface area contributed by atoms with Gasteiger partial charge in [-0.2, -0.15) is 4.72 Å². The number of nitrogens with one attached hydrogen (secondary N) is 2. The molecule has 156 valence electrons. The van der Waals surface area contributed by atoms with Crippen LogP contribution in [-0.4, -0.2) is 57.4 Å².